The van der Waals surface area contributed by atoms with Crippen molar-refractivity contribution in [2.45, 2.75) is 38.6 Å². The van der Waals surface area contributed by atoms with Gasteiger partial charge in [0, 0.05) is 13.1 Å². The third-order valence-corrected chi connectivity index (χ3v) is 4.16. The second-order valence-corrected chi connectivity index (χ2v) is 5.87. The molecule has 4 nitrogen and oxygen atoms in total. The van der Waals surface area contributed by atoms with Crippen molar-refractivity contribution >= 4 is 5.91 Å². The van der Waals surface area contributed by atoms with Gasteiger partial charge in [0.25, 0.3) is 0 Å². The van der Waals surface area contributed by atoms with Crippen molar-refractivity contribution in [2.24, 2.45) is 17.6 Å². The minimum Gasteiger partial charge on any atom is -0.368 e. The molecule has 3 unspecified atom stereocenters. The fourth-order valence-corrected chi connectivity index (χ4v) is 2.60. The zero-order valence-corrected chi connectivity index (χ0v) is 11.6. The minimum absolute atomic E-state index is 0.185. The Labute approximate surface area is 105 Å². The zero-order valence-electron chi connectivity index (χ0n) is 11.6. The first-order valence-electron chi connectivity index (χ1n) is 6.57. The first-order valence-corrected chi connectivity index (χ1v) is 6.57. The summed E-state index contributed by atoms with van der Waals surface area (Å²) in [4.78, 5) is 13.9. The molecule has 0 radical (unpaired) electrons. The van der Waals surface area contributed by atoms with E-state index in [0.717, 1.165) is 32.4 Å². The number of nitrogens with zero attached hydrogens (tertiary/aromatic N) is 1. The van der Waals surface area contributed by atoms with Gasteiger partial charge in [0.1, 0.15) is 0 Å². The molecule has 17 heavy (non-hydrogen) atoms. The Morgan fingerprint density at radius 3 is 2.53 bits per heavy atom. The van der Waals surface area contributed by atoms with Gasteiger partial charge in [-0.3, -0.25) is 4.79 Å². The van der Waals surface area contributed by atoms with E-state index in [9.17, 15) is 4.79 Å². The van der Waals surface area contributed by atoms with Crippen LogP contribution in [0.5, 0.6) is 0 Å². The van der Waals surface area contributed by atoms with Gasteiger partial charge >= 0.3 is 0 Å². The van der Waals surface area contributed by atoms with Gasteiger partial charge in [0.2, 0.25) is 5.91 Å². The van der Waals surface area contributed by atoms with Crippen LogP contribution in [0.4, 0.5) is 0 Å². The van der Waals surface area contributed by atoms with Crippen LogP contribution in [0.2, 0.25) is 0 Å². The quantitative estimate of drug-likeness (QED) is 0.749. The van der Waals surface area contributed by atoms with Crippen molar-refractivity contribution in [2.75, 3.05) is 27.2 Å². The lowest BCUT2D eigenvalue weighted by molar-refractivity contribution is -0.127. The summed E-state index contributed by atoms with van der Waals surface area (Å²) in [5, 5.41) is 3.40. The van der Waals surface area contributed by atoms with Crippen LogP contribution < -0.4 is 11.1 Å². The monoisotopic (exact) mass is 241 g/mol. The summed E-state index contributed by atoms with van der Waals surface area (Å²) in [7, 11) is 4.06. The van der Waals surface area contributed by atoms with Gasteiger partial charge in [-0.15, -0.1) is 0 Å². The van der Waals surface area contributed by atoms with Gasteiger partial charge in [0.15, 0.2) is 0 Å². The van der Waals surface area contributed by atoms with E-state index in [-0.39, 0.29) is 5.91 Å². The summed E-state index contributed by atoms with van der Waals surface area (Å²) >= 11 is 0. The second kappa shape index (κ2) is 5.83. The molecule has 0 aliphatic heterocycles. The molecule has 1 rings (SSSR count). The average Bonchev–Trinajstić information content (AvgIpc) is 2.22. The lowest BCUT2D eigenvalue weighted by Crippen LogP contribution is -2.59. The fraction of sp³-hybridized carbons (Fsp3) is 0.923. The van der Waals surface area contributed by atoms with Gasteiger partial charge in [0.05, 0.1) is 5.54 Å². The van der Waals surface area contributed by atoms with Crippen molar-refractivity contribution < 1.29 is 4.79 Å². The highest BCUT2D eigenvalue weighted by atomic mass is 16.1. The Morgan fingerprint density at radius 1 is 1.41 bits per heavy atom. The number of amides is 1. The molecule has 1 fully saturated rings. The molecule has 0 aromatic heterocycles. The molecular formula is C13H27N3O. The van der Waals surface area contributed by atoms with Crippen LogP contribution in [0.1, 0.15) is 33.1 Å². The molecular weight excluding hydrogens is 214 g/mol. The highest BCUT2D eigenvalue weighted by Gasteiger charge is 2.41. The van der Waals surface area contributed by atoms with Crippen molar-refractivity contribution in [1.82, 2.24) is 10.2 Å². The maximum atomic E-state index is 11.8. The number of nitrogens with one attached hydrogen (secondary N) is 1. The molecule has 0 heterocycles. The van der Waals surface area contributed by atoms with Gasteiger partial charge in [-0.05, 0) is 45.2 Å². The third-order valence-electron chi connectivity index (χ3n) is 4.16. The first-order chi connectivity index (χ1) is 7.87. The van der Waals surface area contributed by atoms with E-state index < -0.39 is 5.54 Å². The van der Waals surface area contributed by atoms with E-state index in [4.69, 9.17) is 5.73 Å². The molecule has 1 aliphatic rings. The van der Waals surface area contributed by atoms with Crippen LogP contribution in [-0.4, -0.2) is 43.5 Å². The first kappa shape index (κ1) is 14.5. The van der Waals surface area contributed by atoms with Crippen molar-refractivity contribution in [3.63, 3.8) is 0 Å². The predicted molar refractivity (Wildman–Crippen MR) is 70.7 cm³/mol. The van der Waals surface area contributed by atoms with Crippen LogP contribution in [-0.2, 0) is 4.79 Å². The summed E-state index contributed by atoms with van der Waals surface area (Å²) in [5.41, 5.74) is 5.14. The van der Waals surface area contributed by atoms with Gasteiger partial charge in [-0.1, -0.05) is 13.8 Å². The van der Waals surface area contributed by atoms with Gasteiger partial charge in [-0.25, -0.2) is 0 Å². The molecule has 0 aromatic carbocycles. The van der Waals surface area contributed by atoms with Gasteiger partial charge in [-0.2, -0.15) is 0 Å². The normalized spacial score (nSPS) is 33.9. The number of rotatable bonds is 5. The predicted octanol–water partition coefficient (Wildman–Crippen LogP) is 0.818. The van der Waals surface area contributed by atoms with Crippen LogP contribution in [0.3, 0.4) is 0 Å². The van der Waals surface area contributed by atoms with Crippen LogP contribution in [0, 0.1) is 11.8 Å². The van der Waals surface area contributed by atoms with E-state index in [1.165, 1.54) is 0 Å². The van der Waals surface area contributed by atoms with Crippen LogP contribution in [0.15, 0.2) is 0 Å². The van der Waals surface area contributed by atoms with E-state index in [2.05, 4.69) is 24.1 Å². The lowest BCUT2D eigenvalue weighted by Gasteiger charge is -2.41. The number of hydrogen-bond donors (Lipinski definition) is 2. The molecule has 0 saturated heterocycles. The molecule has 0 spiro atoms. The summed E-state index contributed by atoms with van der Waals surface area (Å²) in [6.07, 6.45) is 2.83. The largest absolute Gasteiger partial charge is 0.368 e. The van der Waals surface area contributed by atoms with Crippen molar-refractivity contribution in [3.8, 4) is 0 Å². The maximum absolute atomic E-state index is 11.8. The zero-order chi connectivity index (χ0) is 13.1. The Bertz CT molecular complexity index is 267. The number of nitrogens with two attached hydrogens (primary N) is 1. The van der Waals surface area contributed by atoms with E-state index in [1.807, 2.05) is 14.1 Å². The Morgan fingerprint density at radius 2 is 2.06 bits per heavy atom. The smallest absolute Gasteiger partial charge is 0.237 e. The van der Waals surface area contributed by atoms with Crippen molar-refractivity contribution in [1.29, 1.82) is 0 Å². The molecule has 0 aromatic rings. The second-order valence-electron chi connectivity index (χ2n) is 5.87. The molecule has 3 N–H and O–H groups in total. The minimum atomic E-state index is -0.470. The van der Waals surface area contributed by atoms with Crippen LogP contribution >= 0.6 is 0 Å². The highest BCUT2D eigenvalue weighted by Crippen LogP contribution is 2.35. The van der Waals surface area contributed by atoms with E-state index >= 15 is 0 Å². The summed E-state index contributed by atoms with van der Waals surface area (Å²) in [6.45, 7) is 6.22. The number of likely N-dealkylation sites (N-methyl/N-ethyl adjacent to an activating group) is 1. The summed E-state index contributed by atoms with van der Waals surface area (Å²) in [6, 6.07) is 0. The average molecular weight is 241 g/mol. The molecule has 1 aliphatic carbocycles. The molecule has 1 amide bonds. The highest BCUT2D eigenvalue weighted by molar-refractivity contribution is 5.84. The molecule has 3 atom stereocenters. The lowest BCUT2D eigenvalue weighted by atomic mass is 9.71. The maximum Gasteiger partial charge on any atom is 0.237 e. The summed E-state index contributed by atoms with van der Waals surface area (Å²) < 4.78 is 0. The van der Waals surface area contributed by atoms with E-state index in [0.29, 0.717) is 11.8 Å². The van der Waals surface area contributed by atoms with Gasteiger partial charge < -0.3 is 16.0 Å². The van der Waals surface area contributed by atoms with E-state index in [1.54, 1.807) is 0 Å². The number of hydrogen-bond acceptors (Lipinski definition) is 3. The molecule has 100 valence electrons. The third kappa shape index (κ3) is 3.68. The molecule has 0 bridgehead atoms. The topological polar surface area (TPSA) is 58.4 Å². The number of primary amides is 1. The molecule has 1 saturated carbocycles. The Hall–Kier alpha value is -0.610. The molecule has 4 heteroatoms. The SMILES string of the molecule is CC1CCC(NCCN(C)C)(C(N)=O)CC1C. The standard InChI is InChI=1S/C13H27N3O/c1-10-5-6-13(12(14)17,9-11(10)2)15-7-8-16(3)4/h10-11,15H,5-9H2,1-4H3,(H2,14,17). The van der Waals surface area contributed by atoms with Crippen LogP contribution in [0.25, 0.3) is 0 Å². The summed E-state index contributed by atoms with van der Waals surface area (Å²) in [5.74, 6) is 1.07. The van der Waals surface area contributed by atoms with Crippen molar-refractivity contribution in [3.05, 3.63) is 0 Å². The number of carbonyl (C=O) groups excluding carboxylic acids is 1. The Balaban J connectivity index is 2.60. The Kier molecular flexibility index (Phi) is 4.95. The number of carbonyl (C=O) groups is 1. The fourth-order valence-electron chi connectivity index (χ4n) is 2.60.